The van der Waals surface area contributed by atoms with E-state index >= 15 is 0 Å². The zero-order chi connectivity index (χ0) is 11.8. The zero-order valence-electron chi connectivity index (χ0n) is 10.3. The van der Waals surface area contributed by atoms with Gasteiger partial charge in [-0.05, 0) is 36.1 Å². The van der Waals surface area contributed by atoms with Gasteiger partial charge >= 0.3 is 0 Å². The molecule has 1 aromatic carbocycles. The molecular formula is C14H20BrN. The third-order valence-electron chi connectivity index (χ3n) is 3.91. The minimum atomic E-state index is 0.327. The fourth-order valence-corrected chi connectivity index (χ4v) is 3.26. The van der Waals surface area contributed by atoms with Gasteiger partial charge in [-0.15, -0.1) is 0 Å². The molecule has 1 aliphatic rings. The van der Waals surface area contributed by atoms with Crippen molar-refractivity contribution >= 4 is 21.6 Å². The lowest BCUT2D eigenvalue weighted by Crippen LogP contribution is -2.34. The fourth-order valence-electron chi connectivity index (χ4n) is 2.90. The molecule has 2 rings (SSSR count). The van der Waals surface area contributed by atoms with Crippen LogP contribution < -0.4 is 5.32 Å². The monoisotopic (exact) mass is 281 g/mol. The summed E-state index contributed by atoms with van der Waals surface area (Å²) in [5, 5.41) is 3.56. The Morgan fingerprint density at radius 1 is 1.44 bits per heavy atom. The van der Waals surface area contributed by atoms with E-state index in [2.05, 4.69) is 60.2 Å². The standard InChI is InChI=1S/C14H20BrN/c1-4-7-14(10(2)3)9-16-13-6-5-11(15)8-12(13)14/h5-6,8,10,16H,4,7,9H2,1-3H3. The number of halogens is 1. The molecule has 0 amide bonds. The Morgan fingerprint density at radius 2 is 2.19 bits per heavy atom. The normalized spacial score (nSPS) is 23.3. The van der Waals surface area contributed by atoms with Gasteiger partial charge in [-0.25, -0.2) is 0 Å². The summed E-state index contributed by atoms with van der Waals surface area (Å²) < 4.78 is 1.19. The van der Waals surface area contributed by atoms with Crippen LogP contribution in [-0.4, -0.2) is 6.54 Å². The lowest BCUT2D eigenvalue weighted by Gasteiger charge is -2.33. The van der Waals surface area contributed by atoms with Gasteiger partial charge < -0.3 is 5.32 Å². The number of hydrogen-bond donors (Lipinski definition) is 1. The van der Waals surface area contributed by atoms with E-state index in [9.17, 15) is 0 Å². The Labute approximate surface area is 107 Å². The highest BCUT2D eigenvalue weighted by Gasteiger charge is 2.40. The van der Waals surface area contributed by atoms with Gasteiger partial charge in [0.25, 0.3) is 0 Å². The molecule has 0 radical (unpaired) electrons. The fraction of sp³-hybridized carbons (Fsp3) is 0.571. The Hall–Kier alpha value is -0.500. The second kappa shape index (κ2) is 4.40. The molecule has 0 saturated heterocycles. The molecule has 1 atom stereocenters. The molecule has 0 aliphatic carbocycles. The summed E-state index contributed by atoms with van der Waals surface area (Å²) in [6.45, 7) is 8.05. The minimum Gasteiger partial charge on any atom is -0.384 e. The van der Waals surface area contributed by atoms with Crippen molar-refractivity contribution in [1.82, 2.24) is 0 Å². The van der Waals surface area contributed by atoms with E-state index in [0.29, 0.717) is 11.3 Å². The predicted octanol–water partition coefficient (Wildman–Crippen LogP) is 4.57. The lowest BCUT2D eigenvalue weighted by atomic mass is 9.70. The van der Waals surface area contributed by atoms with Crippen LogP contribution in [0.15, 0.2) is 22.7 Å². The largest absolute Gasteiger partial charge is 0.384 e. The van der Waals surface area contributed by atoms with Crippen LogP contribution in [0.2, 0.25) is 0 Å². The summed E-state index contributed by atoms with van der Waals surface area (Å²) in [5.74, 6) is 0.676. The second-order valence-electron chi connectivity index (χ2n) is 5.10. The van der Waals surface area contributed by atoms with Crippen LogP contribution >= 0.6 is 15.9 Å². The van der Waals surface area contributed by atoms with Crippen molar-refractivity contribution in [2.45, 2.75) is 39.0 Å². The van der Waals surface area contributed by atoms with Gasteiger partial charge in [0.2, 0.25) is 0 Å². The van der Waals surface area contributed by atoms with Crippen LogP contribution in [0.25, 0.3) is 0 Å². The van der Waals surface area contributed by atoms with Crippen molar-refractivity contribution in [3.05, 3.63) is 28.2 Å². The van der Waals surface area contributed by atoms with Gasteiger partial charge in [0, 0.05) is 22.1 Å². The average Bonchev–Trinajstić information content (AvgIpc) is 2.59. The first kappa shape index (κ1) is 12.0. The van der Waals surface area contributed by atoms with Crippen LogP contribution in [0, 0.1) is 5.92 Å². The van der Waals surface area contributed by atoms with Crippen LogP contribution in [0.5, 0.6) is 0 Å². The molecule has 1 aliphatic heterocycles. The van der Waals surface area contributed by atoms with Crippen LogP contribution in [0.1, 0.15) is 39.2 Å². The highest BCUT2D eigenvalue weighted by molar-refractivity contribution is 9.10. The van der Waals surface area contributed by atoms with Gasteiger partial charge in [-0.1, -0.05) is 43.1 Å². The van der Waals surface area contributed by atoms with E-state index in [4.69, 9.17) is 0 Å². The van der Waals surface area contributed by atoms with Crippen molar-refractivity contribution in [2.24, 2.45) is 5.92 Å². The Morgan fingerprint density at radius 3 is 2.81 bits per heavy atom. The highest BCUT2D eigenvalue weighted by atomic mass is 79.9. The summed E-state index contributed by atoms with van der Waals surface area (Å²) in [7, 11) is 0. The van der Waals surface area contributed by atoms with Crippen molar-refractivity contribution in [1.29, 1.82) is 0 Å². The minimum absolute atomic E-state index is 0.327. The maximum Gasteiger partial charge on any atom is 0.0380 e. The van der Waals surface area contributed by atoms with E-state index in [1.165, 1.54) is 28.6 Å². The Kier molecular flexibility index (Phi) is 3.29. The summed E-state index contributed by atoms with van der Waals surface area (Å²) in [5.41, 5.74) is 3.15. The SMILES string of the molecule is CCCC1(C(C)C)CNc2ccc(Br)cc21. The maximum absolute atomic E-state index is 3.59. The smallest absolute Gasteiger partial charge is 0.0380 e. The molecule has 1 unspecified atom stereocenters. The van der Waals surface area contributed by atoms with E-state index in [1.807, 2.05) is 0 Å². The zero-order valence-corrected chi connectivity index (χ0v) is 11.9. The predicted molar refractivity (Wildman–Crippen MR) is 74.1 cm³/mol. The third-order valence-corrected chi connectivity index (χ3v) is 4.41. The van der Waals surface area contributed by atoms with Crippen molar-refractivity contribution in [2.75, 3.05) is 11.9 Å². The molecule has 1 heterocycles. The van der Waals surface area contributed by atoms with E-state index < -0.39 is 0 Å². The van der Waals surface area contributed by atoms with E-state index in [0.717, 1.165) is 6.54 Å². The first-order valence-corrected chi connectivity index (χ1v) is 6.93. The second-order valence-corrected chi connectivity index (χ2v) is 6.02. The van der Waals surface area contributed by atoms with E-state index in [1.54, 1.807) is 0 Å². The van der Waals surface area contributed by atoms with Crippen LogP contribution in [0.4, 0.5) is 5.69 Å². The quantitative estimate of drug-likeness (QED) is 0.856. The van der Waals surface area contributed by atoms with Gasteiger partial charge in [0.1, 0.15) is 0 Å². The lowest BCUT2D eigenvalue weighted by molar-refractivity contribution is 0.310. The third kappa shape index (κ3) is 1.77. The van der Waals surface area contributed by atoms with Gasteiger partial charge in [-0.2, -0.15) is 0 Å². The number of nitrogens with one attached hydrogen (secondary N) is 1. The molecule has 1 nitrogen and oxygen atoms in total. The molecular weight excluding hydrogens is 262 g/mol. The molecule has 0 fully saturated rings. The molecule has 88 valence electrons. The number of benzene rings is 1. The highest BCUT2D eigenvalue weighted by Crippen LogP contribution is 2.46. The number of rotatable bonds is 3. The van der Waals surface area contributed by atoms with Crippen molar-refractivity contribution in [3.8, 4) is 0 Å². The van der Waals surface area contributed by atoms with Crippen molar-refractivity contribution < 1.29 is 0 Å². The molecule has 1 aromatic rings. The number of hydrogen-bond acceptors (Lipinski definition) is 1. The van der Waals surface area contributed by atoms with Crippen LogP contribution in [-0.2, 0) is 5.41 Å². The first-order chi connectivity index (χ1) is 7.60. The number of fused-ring (bicyclic) bond motifs is 1. The van der Waals surface area contributed by atoms with Gasteiger partial charge in [0.15, 0.2) is 0 Å². The molecule has 2 heteroatoms. The summed E-state index contributed by atoms with van der Waals surface area (Å²) in [6, 6.07) is 6.61. The average molecular weight is 282 g/mol. The molecule has 0 saturated carbocycles. The summed E-state index contributed by atoms with van der Waals surface area (Å²) in [4.78, 5) is 0. The summed E-state index contributed by atoms with van der Waals surface area (Å²) >= 11 is 3.59. The summed E-state index contributed by atoms with van der Waals surface area (Å²) in [6.07, 6.45) is 2.51. The molecule has 0 bridgehead atoms. The molecule has 0 aromatic heterocycles. The van der Waals surface area contributed by atoms with Crippen LogP contribution in [0.3, 0.4) is 0 Å². The van der Waals surface area contributed by atoms with Gasteiger partial charge in [-0.3, -0.25) is 0 Å². The Balaban J connectivity index is 2.49. The van der Waals surface area contributed by atoms with Gasteiger partial charge in [0.05, 0.1) is 0 Å². The Bertz CT molecular complexity index is 382. The molecule has 0 spiro atoms. The maximum atomic E-state index is 3.59. The molecule has 1 N–H and O–H groups in total. The van der Waals surface area contributed by atoms with Crippen molar-refractivity contribution in [3.63, 3.8) is 0 Å². The molecule has 16 heavy (non-hydrogen) atoms. The van der Waals surface area contributed by atoms with E-state index in [-0.39, 0.29) is 0 Å². The topological polar surface area (TPSA) is 12.0 Å². The number of anilines is 1. The first-order valence-electron chi connectivity index (χ1n) is 6.14.